The fourth-order valence-electron chi connectivity index (χ4n) is 2.78. The van der Waals surface area contributed by atoms with Gasteiger partial charge in [-0.2, -0.15) is 0 Å². The van der Waals surface area contributed by atoms with E-state index in [1.807, 2.05) is 24.3 Å². The number of anilines is 2. The van der Waals surface area contributed by atoms with Gasteiger partial charge < -0.3 is 10.6 Å². The third-order valence-electron chi connectivity index (χ3n) is 4.16. The van der Waals surface area contributed by atoms with Crippen LogP contribution in [0.2, 0.25) is 0 Å². The minimum Gasteiger partial charge on any atom is -0.350 e. The molecule has 4 rings (SSSR count). The molecular formula is C21H16FN5O. The van der Waals surface area contributed by atoms with E-state index in [4.69, 9.17) is 0 Å². The monoisotopic (exact) mass is 373 g/mol. The largest absolute Gasteiger partial charge is 0.350 e. The van der Waals surface area contributed by atoms with Gasteiger partial charge >= 0.3 is 0 Å². The Labute approximate surface area is 160 Å². The third kappa shape index (κ3) is 3.78. The van der Waals surface area contributed by atoms with Gasteiger partial charge in [-0.25, -0.2) is 14.4 Å². The molecule has 0 aliphatic carbocycles. The number of hydrogen-bond donors (Lipinski definition) is 2. The van der Waals surface area contributed by atoms with Gasteiger partial charge in [0.2, 0.25) is 5.95 Å². The van der Waals surface area contributed by atoms with Crippen LogP contribution < -0.4 is 10.6 Å². The molecule has 0 saturated carbocycles. The van der Waals surface area contributed by atoms with Gasteiger partial charge in [0.25, 0.3) is 5.91 Å². The summed E-state index contributed by atoms with van der Waals surface area (Å²) >= 11 is 0. The minimum atomic E-state index is -0.380. The van der Waals surface area contributed by atoms with E-state index in [0.29, 0.717) is 16.8 Å². The molecular weight excluding hydrogens is 357 g/mol. The highest BCUT2D eigenvalue weighted by Gasteiger charge is 2.12. The molecule has 138 valence electrons. The Hall–Kier alpha value is -3.87. The van der Waals surface area contributed by atoms with Gasteiger partial charge in [-0.1, -0.05) is 36.4 Å². The Morgan fingerprint density at radius 2 is 1.79 bits per heavy atom. The van der Waals surface area contributed by atoms with Crippen LogP contribution in [0.15, 0.2) is 73.1 Å². The molecule has 0 aliphatic rings. The first kappa shape index (κ1) is 17.5. The van der Waals surface area contributed by atoms with Crippen molar-refractivity contribution >= 4 is 28.4 Å². The van der Waals surface area contributed by atoms with E-state index < -0.39 is 0 Å². The van der Waals surface area contributed by atoms with Crippen LogP contribution in [0, 0.1) is 5.82 Å². The van der Waals surface area contributed by atoms with Crippen molar-refractivity contribution in [1.29, 1.82) is 0 Å². The third-order valence-corrected chi connectivity index (χ3v) is 4.16. The molecule has 28 heavy (non-hydrogen) atoms. The van der Waals surface area contributed by atoms with Crippen LogP contribution >= 0.6 is 0 Å². The Balaban J connectivity index is 1.50. The maximum absolute atomic E-state index is 13.7. The van der Waals surface area contributed by atoms with Gasteiger partial charge in [0, 0.05) is 29.9 Å². The molecule has 2 heterocycles. The highest BCUT2D eigenvalue weighted by Crippen LogP contribution is 2.21. The van der Waals surface area contributed by atoms with E-state index >= 15 is 0 Å². The number of rotatable bonds is 5. The fourth-order valence-corrected chi connectivity index (χ4v) is 2.78. The molecule has 0 aliphatic heterocycles. The molecule has 0 fully saturated rings. The maximum atomic E-state index is 13.7. The van der Waals surface area contributed by atoms with Gasteiger partial charge in [0.15, 0.2) is 0 Å². The first-order chi connectivity index (χ1) is 13.7. The van der Waals surface area contributed by atoms with Crippen LogP contribution in [0.25, 0.3) is 10.9 Å². The average molecular weight is 373 g/mol. The number of halogens is 1. The molecule has 2 aromatic carbocycles. The number of fused-ring (bicyclic) bond motifs is 1. The summed E-state index contributed by atoms with van der Waals surface area (Å²) in [6, 6.07) is 17.3. The molecule has 0 atom stereocenters. The van der Waals surface area contributed by atoms with E-state index in [2.05, 4.69) is 25.6 Å². The molecule has 0 bridgehead atoms. The Morgan fingerprint density at radius 3 is 2.68 bits per heavy atom. The molecule has 4 aromatic rings. The van der Waals surface area contributed by atoms with Crippen LogP contribution in [0.5, 0.6) is 0 Å². The maximum Gasteiger partial charge on any atom is 0.274 e. The van der Waals surface area contributed by atoms with Crippen LogP contribution in [0.4, 0.5) is 16.0 Å². The predicted molar refractivity (Wildman–Crippen MR) is 105 cm³/mol. The van der Waals surface area contributed by atoms with Crippen LogP contribution in [-0.2, 0) is 6.54 Å². The van der Waals surface area contributed by atoms with Gasteiger partial charge in [-0.15, -0.1) is 0 Å². The molecule has 0 unspecified atom stereocenters. The van der Waals surface area contributed by atoms with Gasteiger partial charge in [0.1, 0.15) is 11.5 Å². The second kappa shape index (κ2) is 7.79. The number of amides is 1. The summed E-state index contributed by atoms with van der Waals surface area (Å²) in [6.45, 7) is 0.213. The molecule has 6 nitrogen and oxygen atoms in total. The highest BCUT2D eigenvalue weighted by atomic mass is 19.1. The van der Waals surface area contributed by atoms with Crippen molar-refractivity contribution in [3.63, 3.8) is 0 Å². The number of aromatic nitrogens is 3. The standard InChI is InChI=1S/C21H16FN5O/c22-16-8-2-1-5-15(16)13-25-21-24-12-10-18(27-21)20(28)26-17-9-3-6-14-7-4-11-23-19(14)17/h1-12H,13H2,(H,26,28)(H,24,25,27). The number of para-hydroxylation sites is 1. The lowest BCUT2D eigenvalue weighted by Crippen LogP contribution is -2.15. The number of pyridine rings is 1. The topological polar surface area (TPSA) is 79.8 Å². The van der Waals surface area contributed by atoms with Gasteiger partial charge in [-0.3, -0.25) is 9.78 Å². The van der Waals surface area contributed by atoms with E-state index in [0.717, 1.165) is 5.39 Å². The smallest absolute Gasteiger partial charge is 0.274 e. The van der Waals surface area contributed by atoms with Gasteiger partial charge in [-0.05, 0) is 24.3 Å². The summed E-state index contributed by atoms with van der Waals surface area (Å²) < 4.78 is 13.7. The number of nitrogens with zero attached hydrogens (tertiary/aromatic N) is 3. The van der Waals surface area contributed by atoms with Crippen molar-refractivity contribution < 1.29 is 9.18 Å². The molecule has 0 saturated heterocycles. The normalized spacial score (nSPS) is 10.6. The quantitative estimate of drug-likeness (QED) is 0.552. The van der Waals surface area contributed by atoms with Crippen molar-refractivity contribution in [2.45, 2.75) is 6.54 Å². The van der Waals surface area contributed by atoms with E-state index in [-0.39, 0.29) is 29.9 Å². The number of hydrogen-bond acceptors (Lipinski definition) is 5. The Morgan fingerprint density at radius 1 is 0.929 bits per heavy atom. The lowest BCUT2D eigenvalue weighted by molar-refractivity contribution is 0.102. The Kier molecular flexibility index (Phi) is 4.88. The van der Waals surface area contributed by atoms with Crippen LogP contribution in [0.3, 0.4) is 0 Å². The lowest BCUT2D eigenvalue weighted by atomic mass is 10.2. The molecule has 2 N–H and O–H groups in total. The van der Waals surface area contributed by atoms with E-state index in [1.54, 1.807) is 30.5 Å². The zero-order valence-corrected chi connectivity index (χ0v) is 14.8. The second-order valence-electron chi connectivity index (χ2n) is 6.05. The molecule has 0 radical (unpaired) electrons. The number of benzene rings is 2. The van der Waals surface area contributed by atoms with Gasteiger partial charge in [0.05, 0.1) is 11.2 Å². The SMILES string of the molecule is O=C(Nc1cccc2cccnc12)c1ccnc(NCc2ccccc2F)n1. The molecule has 7 heteroatoms. The minimum absolute atomic E-state index is 0.193. The summed E-state index contributed by atoms with van der Waals surface area (Å²) in [7, 11) is 0. The summed E-state index contributed by atoms with van der Waals surface area (Å²) in [4.78, 5) is 25.2. The number of carbonyl (C=O) groups excluding carboxylic acids is 1. The van der Waals surface area contributed by atoms with E-state index in [1.165, 1.54) is 18.3 Å². The lowest BCUT2D eigenvalue weighted by Gasteiger charge is -2.09. The van der Waals surface area contributed by atoms with Crippen LogP contribution in [-0.4, -0.2) is 20.9 Å². The van der Waals surface area contributed by atoms with Crippen molar-refractivity contribution in [1.82, 2.24) is 15.0 Å². The average Bonchev–Trinajstić information content (AvgIpc) is 2.74. The second-order valence-corrected chi connectivity index (χ2v) is 6.05. The summed E-state index contributed by atoms with van der Waals surface area (Å²) in [5, 5.41) is 6.69. The fraction of sp³-hybridized carbons (Fsp3) is 0.0476. The Bertz CT molecular complexity index is 1140. The van der Waals surface area contributed by atoms with Crippen molar-refractivity contribution in [2.75, 3.05) is 10.6 Å². The molecule has 0 spiro atoms. The van der Waals surface area contributed by atoms with Crippen LogP contribution in [0.1, 0.15) is 16.1 Å². The van der Waals surface area contributed by atoms with Crippen molar-refractivity contribution in [3.05, 3.63) is 90.1 Å². The van der Waals surface area contributed by atoms with Crippen molar-refractivity contribution in [3.8, 4) is 0 Å². The predicted octanol–water partition coefficient (Wildman–Crippen LogP) is 4.03. The zero-order valence-electron chi connectivity index (χ0n) is 14.8. The molecule has 1 amide bonds. The molecule has 2 aromatic heterocycles. The van der Waals surface area contributed by atoms with Crippen molar-refractivity contribution in [2.24, 2.45) is 0 Å². The first-order valence-electron chi connectivity index (χ1n) is 8.66. The number of carbonyl (C=O) groups is 1. The highest BCUT2D eigenvalue weighted by molar-refractivity contribution is 6.07. The van der Waals surface area contributed by atoms with E-state index in [9.17, 15) is 9.18 Å². The summed E-state index contributed by atoms with van der Waals surface area (Å²) in [5.41, 5.74) is 1.98. The number of nitrogens with one attached hydrogen (secondary N) is 2. The first-order valence-corrected chi connectivity index (χ1v) is 8.66. The summed E-state index contributed by atoms with van der Waals surface area (Å²) in [5.74, 6) is -0.450. The zero-order chi connectivity index (χ0) is 19.3. The summed E-state index contributed by atoms with van der Waals surface area (Å²) in [6.07, 6.45) is 3.15.